The molecule has 0 radical (unpaired) electrons. The zero-order valence-corrected chi connectivity index (χ0v) is 11.9. The molecule has 1 aromatic heterocycles. The molecule has 0 aliphatic carbocycles. The largest absolute Gasteiger partial charge is 0.409 e. The normalized spacial score (nSPS) is 11.3. The fourth-order valence-corrected chi connectivity index (χ4v) is 2.17. The highest BCUT2D eigenvalue weighted by Gasteiger charge is 2.07. The van der Waals surface area contributed by atoms with E-state index < -0.39 is 0 Å². The number of nitrogens with one attached hydrogen (secondary N) is 1. The monoisotopic (exact) mass is 288 g/mol. The number of nitrogens with zero attached hydrogens (tertiary/aromatic N) is 2. The van der Waals surface area contributed by atoms with Gasteiger partial charge in [0.2, 0.25) is 0 Å². The zero-order valence-electron chi connectivity index (χ0n) is 11.1. The maximum Gasteiger partial charge on any atom is 0.189 e. The second-order valence-corrected chi connectivity index (χ2v) is 4.96. The first kappa shape index (κ1) is 14.2. The van der Waals surface area contributed by atoms with E-state index in [0.717, 1.165) is 11.3 Å². The van der Waals surface area contributed by atoms with Crippen LogP contribution in [0.5, 0.6) is 0 Å². The minimum absolute atomic E-state index is 0.0140. The SMILES string of the molecule is CSc1ccc(NCc2cccnc2C(N)=NO)cc1. The molecule has 0 spiro atoms. The number of thioether (sulfide) groups is 1. The lowest BCUT2D eigenvalue weighted by Crippen LogP contribution is -2.18. The van der Waals surface area contributed by atoms with Crippen LogP contribution >= 0.6 is 11.8 Å². The first-order valence-corrected chi connectivity index (χ1v) is 7.27. The van der Waals surface area contributed by atoms with Gasteiger partial charge in [-0.3, -0.25) is 4.98 Å². The molecule has 0 aliphatic rings. The van der Waals surface area contributed by atoms with Gasteiger partial charge in [0.1, 0.15) is 5.69 Å². The van der Waals surface area contributed by atoms with Crippen molar-refractivity contribution in [3.8, 4) is 0 Å². The van der Waals surface area contributed by atoms with Gasteiger partial charge in [-0.15, -0.1) is 11.8 Å². The Morgan fingerprint density at radius 2 is 2.10 bits per heavy atom. The van der Waals surface area contributed by atoms with Crippen molar-refractivity contribution in [1.82, 2.24) is 4.98 Å². The summed E-state index contributed by atoms with van der Waals surface area (Å²) in [5.41, 5.74) is 7.98. The predicted molar refractivity (Wildman–Crippen MR) is 82.3 cm³/mol. The maximum absolute atomic E-state index is 8.76. The Kier molecular flexibility index (Phi) is 4.84. The van der Waals surface area contributed by atoms with Crippen LogP contribution in [-0.2, 0) is 6.54 Å². The maximum atomic E-state index is 8.76. The van der Waals surface area contributed by atoms with Gasteiger partial charge in [0, 0.05) is 28.9 Å². The molecule has 0 atom stereocenters. The van der Waals surface area contributed by atoms with Crippen molar-refractivity contribution < 1.29 is 5.21 Å². The molecule has 2 rings (SSSR count). The molecule has 104 valence electrons. The molecule has 0 saturated carbocycles. The lowest BCUT2D eigenvalue weighted by molar-refractivity contribution is 0.318. The highest BCUT2D eigenvalue weighted by atomic mass is 32.2. The zero-order chi connectivity index (χ0) is 14.4. The summed E-state index contributed by atoms with van der Waals surface area (Å²) in [6, 6.07) is 11.9. The van der Waals surface area contributed by atoms with E-state index in [1.54, 1.807) is 18.0 Å². The molecule has 0 saturated heterocycles. The van der Waals surface area contributed by atoms with Crippen LogP contribution in [0.25, 0.3) is 0 Å². The van der Waals surface area contributed by atoms with Gasteiger partial charge in [-0.25, -0.2) is 0 Å². The summed E-state index contributed by atoms with van der Waals surface area (Å²) in [6.07, 6.45) is 3.66. The van der Waals surface area contributed by atoms with Crippen molar-refractivity contribution in [3.63, 3.8) is 0 Å². The third-order valence-electron chi connectivity index (χ3n) is 2.81. The van der Waals surface area contributed by atoms with Gasteiger partial charge in [0.25, 0.3) is 0 Å². The average molecular weight is 288 g/mol. The molecule has 0 unspecified atom stereocenters. The summed E-state index contributed by atoms with van der Waals surface area (Å²) >= 11 is 1.70. The van der Waals surface area contributed by atoms with E-state index in [4.69, 9.17) is 10.9 Å². The molecule has 1 aromatic carbocycles. The van der Waals surface area contributed by atoms with Crippen molar-refractivity contribution in [2.45, 2.75) is 11.4 Å². The van der Waals surface area contributed by atoms with E-state index in [2.05, 4.69) is 27.6 Å². The van der Waals surface area contributed by atoms with E-state index in [1.165, 1.54) is 4.90 Å². The molecule has 2 aromatic rings. The number of amidine groups is 1. The Labute approximate surface area is 121 Å². The van der Waals surface area contributed by atoms with Gasteiger partial charge in [-0.2, -0.15) is 0 Å². The van der Waals surface area contributed by atoms with Crippen LogP contribution in [0.1, 0.15) is 11.3 Å². The molecule has 4 N–H and O–H groups in total. The van der Waals surface area contributed by atoms with Gasteiger partial charge in [-0.1, -0.05) is 11.2 Å². The second kappa shape index (κ2) is 6.81. The number of benzene rings is 1. The molecule has 0 bridgehead atoms. The highest BCUT2D eigenvalue weighted by Crippen LogP contribution is 2.18. The van der Waals surface area contributed by atoms with Gasteiger partial charge in [0.05, 0.1) is 0 Å². The lowest BCUT2D eigenvalue weighted by Gasteiger charge is -2.10. The Morgan fingerprint density at radius 3 is 2.75 bits per heavy atom. The van der Waals surface area contributed by atoms with Gasteiger partial charge in [-0.05, 0) is 36.6 Å². The van der Waals surface area contributed by atoms with E-state index >= 15 is 0 Å². The van der Waals surface area contributed by atoms with Gasteiger partial charge in [0.15, 0.2) is 5.84 Å². The summed E-state index contributed by atoms with van der Waals surface area (Å²) < 4.78 is 0. The molecule has 1 heterocycles. The minimum atomic E-state index is 0.0140. The van der Waals surface area contributed by atoms with Crippen LogP contribution in [-0.4, -0.2) is 22.3 Å². The first-order chi connectivity index (χ1) is 9.74. The van der Waals surface area contributed by atoms with E-state index in [9.17, 15) is 0 Å². The molecular formula is C14H16N4OS. The minimum Gasteiger partial charge on any atom is -0.409 e. The molecule has 0 fully saturated rings. The number of nitrogens with two attached hydrogens (primary N) is 1. The van der Waals surface area contributed by atoms with E-state index in [-0.39, 0.29) is 5.84 Å². The number of hydrogen-bond acceptors (Lipinski definition) is 5. The van der Waals surface area contributed by atoms with Gasteiger partial charge < -0.3 is 16.3 Å². The number of aromatic nitrogens is 1. The Morgan fingerprint density at radius 1 is 1.35 bits per heavy atom. The fourth-order valence-electron chi connectivity index (χ4n) is 1.77. The summed E-state index contributed by atoms with van der Waals surface area (Å²) in [5, 5.41) is 15.0. The first-order valence-electron chi connectivity index (χ1n) is 6.04. The Balaban J connectivity index is 2.10. The lowest BCUT2D eigenvalue weighted by atomic mass is 10.1. The number of hydrogen-bond donors (Lipinski definition) is 3. The number of oxime groups is 1. The Bertz CT molecular complexity index is 598. The van der Waals surface area contributed by atoms with Crippen LogP contribution in [0.2, 0.25) is 0 Å². The fraction of sp³-hybridized carbons (Fsp3) is 0.143. The van der Waals surface area contributed by atoms with Crippen LogP contribution in [0, 0.1) is 0 Å². The molecule has 20 heavy (non-hydrogen) atoms. The van der Waals surface area contributed by atoms with Crippen molar-refractivity contribution in [1.29, 1.82) is 0 Å². The van der Waals surface area contributed by atoms with E-state index in [0.29, 0.717) is 12.2 Å². The van der Waals surface area contributed by atoms with Crippen molar-refractivity contribution in [3.05, 3.63) is 53.9 Å². The topological polar surface area (TPSA) is 83.5 Å². The quantitative estimate of drug-likeness (QED) is 0.259. The highest BCUT2D eigenvalue weighted by molar-refractivity contribution is 7.98. The van der Waals surface area contributed by atoms with Crippen LogP contribution in [0.15, 0.2) is 52.6 Å². The van der Waals surface area contributed by atoms with Crippen LogP contribution in [0.3, 0.4) is 0 Å². The molecular weight excluding hydrogens is 272 g/mol. The average Bonchev–Trinajstić information content (AvgIpc) is 2.53. The van der Waals surface area contributed by atoms with Crippen molar-refractivity contribution in [2.24, 2.45) is 10.9 Å². The second-order valence-electron chi connectivity index (χ2n) is 4.08. The van der Waals surface area contributed by atoms with E-state index in [1.807, 2.05) is 30.5 Å². The molecule has 0 amide bonds. The van der Waals surface area contributed by atoms with Crippen LogP contribution < -0.4 is 11.1 Å². The summed E-state index contributed by atoms with van der Waals surface area (Å²) in [7, 11) is 0. The number of anilines is 1. The molecule has 6 heteroatoms. The van der Waals surface area contributed by atoms with Gasteiger partial charge >= 0.3 is 0 Å². The predicted octanol–water partition coefficient (Wildman–Crippen LogP) is 2.51. The summed E-state index contributed by atoms with van der Waals surface area (Å²) in [6.45, 7) is 0.554. The van der Waals surface area contributed by atoms with Crippen molar-refractivity contribution in [2.75, 3.05) is 11.6 Å². The number of pyridine rings is 1. The molecule has 0 aliphatic heterocycles. The summed E-state index contributed by atoms with van der Waals surface area (Å²) in [5.74, 6) is 0.0140. The van der Waals surface area contributed by atoms with Crippen LogP contribution in [0.4, 0.5) is 5.69 Å². The third kappa shape index (κ3) is 3.42. The van der Waals surface area contributed by atoms with Crippen molar-refractivity contribution >= 4 is 23.3 Å². The third-order valence-corrected chi connectivity index (χ3v) is 3.56. The summed E-state index contributed by atoms with van der Waals surface area (Å²) in [4.78, 5) is 5.35. The smallest absolute Gasteiger partial charge is 0.189 e. The Hall–Kier alpha value is -2.21. The standard InChI is InChI=1S/C14H16N4OS/c1-20-12-6-4-11(5-7-12)17-9-10-3-2-8-16-13(10)14(15)18-19/h2-8,17,19H,9H2,1H3,(H2,15,18). The molecule has 5 nitrogen and oxygen atoms in total. The number of rotatable bonds is 5.